The fourth-order valence-corrected chi connectivity index (χ4v) is 1.42. The maximum Gasteiger partial charge on any atom is 0.416 e. The van der Waals surface area contributed by atoms with Crippen LogP contribution in [-0.2, 0) is 6.18 Å². The van der Waals surface area contributed by atoms with Crippen molar-refractivity contribution in [3.63, 3.8) is 0 Å². The summed E-state index contributed by atoms with van der Waals surface area (Å²) in [6, 6.07) is 4.85. The number of nitrogens with zero attached hydrogens (tertiary/aromatic N) is 1. The molecule has 1 aromatic carbocycles. The van der Waals surface area contributed by atoms with Crippen LogP contribution in [0.1, 0.15) is 29.2 Å². The van der Waals surface area contributed by atoms with Crippen molar-refractivity contribution in [3.05, 3.63) is 34.9 Å². The average molecular weight is 229 g/mol. The molecule has 0 heterocycles. The first-order valence-corrected chi connectivity index (χ1v) is 4.59. The van der Waals surface area contributed by atoms with Gasteiger partial charge in [0.2, 0.25) is 0 Å². The molecule has 1 unspecified atom stereocenters. The Morgan fingerprint density at radius 1 is 1.44 bits per heavy atom. The highest BCUT2D eigenvalue weighted by Gasteiger charge is 2.30. The van der Waals surface area contributed by atoms with E-state index in [-0.39, 0.29) is 6.42 Å². The normalized spacial score (nSPS) is 13.2. The second-order valence-electron chi connectivity index (χ2n) is 3.45. The van der Waals surface area contributed by atoms with Crippen LogP contribution in [0.2, 0.25) is 0 Å². The quantitative estimate of drug-likeness (QED) is 0.847. The van der Waals surface area contributed by atoms with Crippen LogP contribution in [0, 0.1) is 18.3 Å². The molecule has 5 heteroatoms. The molecule has 1 atom stereocenters. The van der Waals surface area contributed by atoms with Crippen molar-refractivity contribution in [1.29, 1.82) is 5.26 Å². The van der Waals surface area contributed by atoms with Crippen LogP contribution in [0.25, 0.3) is 0 Å². The molecule has 2 nitrogen and oxygen atoms in total. The molecule has 0 amide bonds. The maximum absolute atomic E-state index is 12.3. The summed E-state index contributed by atoms with van der Waals surface area (Å²) in [6.07, 6.45) is -5.55. The van der Waals surface area contributed by atoms with Gasteiger partial charge in [-0.05, 0) is 30.2 Å². The van der Waals surface area contributed by atoms with E-state index in [1.54, 1.807) is 6.07 Å². The molecule has 0 saturated carbocycles. The Morgan fingerprint density at radius 2 is 2.06 bits per heavy atom. The monoisotopic (exact) mass is 229 g/mol. The molecule has 1 rings (SSSR count). The third-order valence-corrected chi connectivity index (χ3v) is 2.24. The summed E-state index contributed by atoms with van der Waals surface area (Å²) >= 11 is 0. The molecule has 0 aliphatic rings. The summed E-state index contributed by atoms with van der Waals surface area (Å²) in [5.41, 5.74) is -0.0648. The number of nitriles is 1. The van der Waals surface area contributed by atoms with Crippen LogP contribution in [0.15, 0.2) is 18.2 Å². The lowest BCUT2D eigenvalue weighted by molar-refractivity contribution is -0.137. The van der Waals surface area contributed by atoms with Gasteiger partial charge in [-0.25, -0.2) is 0 Å². The third kappa shape index (κ3) is 2.74. The van der Waals surface area contributed by atoms with E-state index in [9.17, 15) is 18.3 Å². The van der Waals surface area contributed by atoms with Crippen LogP contribution in [0.4, 0.5) is 13.2 Å². The smallest absolute Gasteiger partial charge is 0.387 e. The molecule has 86 valence electrons. The minimum Gasteiger partial charge on any atom is -0.387 e. The summed E-state index contributed by atoms with van der Waals surface area (Å²) in [7, 11) is 0. The van der Waals surface area contributed by atoms with Gasteiger partial charge in [0.05, 0.1) is 24.2 Å². The van der Waals surface area contributed by atoms with Crippen molar-refractivity contribution in [3.8, 4) is 6.07 Å². The molecule has 0 fully saturated rings. The number of hydrogen-bond acceptors (Lipinski definition) is 2. The molecule has 0 radical (unpaired) electrons. The van der Waals surface area contributed by atoms with Gasteiger partial charge < -0.3 is 5.11 Å². The zero-order chi connectivity index (χ0) is 12.3. The van der Waals surface area contributed by atoms with E-state index in [1.165, 1.54) is 13.0 Å². The van der Waals surface area contributed by atoms with Crippen LogP contribution in [0.5, 0.6) is 0 Å². The van der Waals surface area contributed by atoms with E-state index < -0.39 is 17.8 Å². The number of aliphatic hydroxyl groups is 1. The molecule has 0 aliphatic heterocycles. The summed E-state index contributed by atoms with van der Waals surface area (Å²) < 4.78 is 37.0. The van der Waals surface area contributed by atoms with E-state index in [2.05, 4.69) is 0 Å². The first-order chi connectivity index (χ1) is 7.36. The molecule has 0 spiro atoms. The largest absolute Gasteiger partial charge is 0.416 e. The van der Waals surface area contributed by atoms with Crippen LogP contribution >= 0.6 is 0 Å². The number of alkyl halides is 3. The summed E-state index contributed by atoms with van der Waals surface area (Å²) in [5.74, 6) is 0. The molecular weight excluding hydrogens is 219 g/mol. The molecule has 1 aromatic rings. The van der Waals surface area contributed by atoms with Gasteiger partial charge in [0.25, 0.3) is 0 Å². The average Bonchev–Trinajstić information content (AvgIpc) is 2.16. The Balaban J connectivity index is 3.06. The van der Waals surface area contributed by atoms with Crippen molar-refractivity contribution in [1.82, 2.24) is 0 Å². The SMILES string of the molecule is Cc1cc(C(F)(F)F)ccc1C(O)CC#N. The molecule has 1 N–H and O–H groups in total. The number of rotatable bonds is 2. The van der Waals surface area contributed by atoms with E-state index in [0.29, 0.717) is 11.1 Å². The van der Waals surface area contributed by atoms with Crippen LogP contribution < -0.4 is 0 Å². The predicted octanol–water partition coefficient (Wildman–Crippen LogP) is 2.96. The van der Waals surface area contributed by atoms with Gasteiger partial charge >= 0.3 is 6.18 Å². The van der Waals surface area contributed by atoms with Crippen LogP contribution in [-0.4, -0.2) is 5.11 Å². The Labute approximate surface area is 90.9 Å². The zero-order valence-electron chi connectivity index (χ0n) is 8.54. The van der Waals surface area contributed by atoms with Crippen molar-refractivity contribution in [2.45, 2.75) is 25.6 Å². The van der Waals surface area contributed by atoms with Crippen molar-refractivity contribution < 1.29 is 18.3 Å². The summed E-state index contributed by atoms with van der Waals surface area (Å²) in [5, 5.41) is 17.9. The summed E-state index contributed by atoms with van der Waals surface area (Å²) in [4.78, 5) is 0. The standard InChI is InChI=1S/C11H10F3NO/c1-7-6-8(11(12,13)14)2-3-9(7)10(16)4-5-15/h2-3,6,10,16H,4H2,1H3. The minimum atomic E-state index is -4.39. The number of aryl methyl sites for hydroxylation is 1. The molecule has 16 heavy (non-hydrogen) atoms. The lowest BCUT2D eigenvalue weighted by Gasteiger charge is -2.13. The molecule has 0 aromatic heterocycles. The first-order valence-electron chi connectivity index (χ1n) is 4.59. The van der Waals surface area contributed by atoms with Gasteiger partial charge in [0.15, 0.2) is 0 Å². The third-order valence-electron chi connectivity index (χ3n) is 2.24. The Bertz CT molecular complexity index is 420. The van der Waals surface area contributed by atoms with Crippen molar-refractivity contribution >= 4 is 0 Å². The van der Waals surface area contributed by atoms with E-state index in [0.717, 1.165) is 12.1 Å². The lowest BCUT2D eigenvalue weighted by Crippen LogP contribution is -2.07. The minimum absolute atomic E-state index is 0.133. The molecule has 0 aliphatic carbocycles. The molecule has 0 saturated heterocycles. The number of hydrogen-bond donors (Lipinski definition) is 1. The van der Waals surface area contributed by atoms with Crippen molar-refractivity contribution in [2.24, 2.45) is 0 Å². The highest BCUT2D eigenvalue weighted by molar-refractivity contribution is 5.34. The fraction of sp³-hybridized carbons (Fsp3) is 0.364. The lowest BCUT2D eigenvalue weighted by atomic mass is 9.99. The zero-order valence-corrected chi connectivity index (χ0v) is 8.54. The van der Waals surface area contributed by atoms with Gasteiger partial charge in [-0.15, -0.1) is 0 Å². The highest BCUT2D eigenvalue weighted by atomic mass is 19.4. The van der Waals surface area contributed by atoms with E-state index in [1.807, 2.05) is 0 Å². The van der Waals surface area contributed by atoms with Gasteiger partial charge in [0.1, 0.15) is 0 Å². The number of halogens is 3. The first kappa shape index (κ1) is 12.5. The Hall–Kier alpha value is -1.54. The van der Waals surface area contributed by atoms with Crippen molar-refractivity contribution in [2.75, 3.05) is 0 Å². The van der Waals surface area contributed by atoms with Gasteiger partial charge in [0, 0.05) is 0 Å². The molecular formula is C11H10F3NO. The van der Waals surface area contributed by atoms with Gasteiger partial charge in [-0.3, -0.25) is 0 Å². The van der Waals surface area contributed by atoms with Gasteiger partial charge in [-0.2, -0.15) is 18.4 Å². The Kier molecular flexibility index (Phi) is 3.55. The summed E-state index contributed by atoms with van der Waals surface area (Å²) in [6.45, 7) is 1.48. The Morgan fingerprint density at radius 3 is 2.50 bits per heavy atom. The van der Waals surface area contributed by atoms with Crippen LogP contribution in [0.3, 0.4) is 0 Å². The predicted molar refractivity (Wildman–Crippen MR) is 51.4 cm³/mol. The van der Waals surface area contributed by atoms with E-state index in [4.69, 9.17) is 5.26 Å². The maximum atomic E-state index is 12.3. The fourth-order valence-electron chi connectivity index (χ4n) is 1.42. The van der Waals surface area contributed by atoms with E-state index >= 15 is 0 Å². The topological polar surface area (TPSA) is 44.0 Å². The molecule has 0 bridgehead atoms. The van der Waals surface area contributed by atoms with Gasteiger partial charge in [-0.1, -0.05) is 6.07 Å². The number of aliphatic hydroxyl groups excluding tert-OH is 1. The highest BCUT2D eigenvalue weighted by Crippen LogP contribution is 2.32. The number of benzene rings is 1. The second kappa shape index (κ2) is 4.54. The second-order valence-corrected chi connectivity index (χ2v) is 3.45.